The molecule has 0 aliphatic heterocycles. The number of H-pyrrole nitrogens is 1. The van der Waals surface area contributed by atoms with Gasteiger partial charge in [-0.15, -0.1) is 0 Å². The first-order valence-electron chi connectivity index (χ1n) is 8.43. The van der Waals surface area contributed by atoms with E-state index in [2.05, 4.69) is 19.9 Å². The highest BCUT2D eigenvalue weighted by atomic mass is 19.1. The number of halogens is 2. The van der Waals surface area contributed by atoms with Crippen molar-refractivity contribution in [1.29, 1.82) is 5.26 Å². The Morgan fingerprint density at radius 3 is 2.40 bits per heavy atom. The molecule has 0 spiro atoms. The van der Waals surface area contributed by atoms with Crippen molar-refractivity contribution in [2.45, 2.75) is 0 Å². The Morgan fingerprint density at radius 2 is 1.73 bits per heavy atom. The topological polar surface area (TPSA) is 138 Å². The molecule has 3 aromatic heterocycles. The summed E-state index contributed by atoms with van der Waals surface area (Å²) < 4.78 is 28.9. The van der Waals surface area contributed by atoms with Crippen LogP contribution in [0.1, 0.15) is 32.1 Å². The number of aromatic amines is 1. The summed E-state index contributed by atoms with van der Waals surface area (Å²) in [5.74, 6) is -4.56. The van der Waals surface area contributed by atoms with E-state index in [0.29, 0.717) is 22.2 Å². The van der Waals surface area contributed by atoms with Crippen molar-refractivity contribution in [3.8, 4) is 17.2 Å². The summed E-state index contributed by atoms with van der Waals surface area (Å²) in [6.45, 7) is 0. The number of nitrogens with two attached hydrogens (primary N) is 1. The zero-order valence-electron chi connectivity index (χ0n) is 15.0. The van der Waals surface area contributed by atoms with Gasteiger partial charge in [-0.2, -0.15) is 5.26 Å². The van der Waals surface area contributed by atoms with Crippen LogP contribution in [-0.2, 0) is 0 Å². The lowest BCUT2D eigenvalue weighted by molar-refractivity contribution is 0.0996. The number of pyridine rings is 1. The van der Waals surface area contributed by atoms with E-state index in [9.17, 15) is 18.4 Å². The van der Waals surface area contributed by atoms with Crippen molar-refractivity contribution in [3.05, 3.63) is 77.1 Å². The Kier molecular flexibility index (Phi) is 4.48. The number of hydrogen-bond acceptors (Lipinski definition) is 6. The van der Waals surface area contributed by atoms with Crippen LogP contribution in [0.2, 0.25) is 0 Å². The van der Waals surface area contributed by atoms with Crippen LogP contribution >= 0.6 is 0 Å². The van der Waals surface area contributed by atoms with Crippen LogP contribution in [0.3, 0.4) is 0 Å². The second-order valence-corrected chi connectivity index (χ2v) is 6.21. The fraction of sp³-hybridized carbons (Fsp3) is 0. The molecule has 8 nitrogen and oxygen atoms in total. The minimum atomic E-state index is -1.33. The molecule has 0 atom stereocenters. The van der Waals surface area contributed by atoms with E-state index >= 15 is 0 Å². The predicted octanol–water partition coefficient (Wildman–Crippen LogP) is 2.50. The molecule has 146 valence electrons. The van der Waals surface area contributed by atoms with E-state index in [1.807, 2.05) is 0 Å². The average Bonchev–Trinajstić information content (AvgIpc) is 3.16. The van der Waals surface area contributed by atoms with Gasteiger partial charge in [0.05, 0.1) is 11.1 Å². The van der Waals surface area contributed by atoms with E-state index in [-0.39, 0.29) is 11.4 Å². The van der Waals surface area contributed by atoms with Crippen LogP contribution in [0.15, 0.2) is 43.0 Å². The summed E-state index contributed by atoms with van der Waals surface area (Å²) in [5.41, 5.74) is 4.91. The van der Waals surface area contributed by atoms with Gasteiger partial charge in [0.1, 0.15) is 23.4 Å². The van der Waals surface area contributed by atoms with E-state index in [4.69, 9.17) is 11.0 Å². The zero-order valence-corrected chi connectivity index (χ0v) is 15.0. The molecular formula is C20H10F2N6O2. The summed E-state index contributed by atoms with van der Waals surface area (Å²) in [6, 6.07) is 5.07. The largest absolute Gasteiger partial charge is 0.366 e. The molecular weight excluding hydrogens is 394 g/mol. The lowest BCUT2D eigenvalue weighted by atomic mass is 9.98. The van der Waals surface area contributed by atoms with Crippen molar-refractivity contribution in [3.63, 3.8) is 0 Å². The third kappa shape index (κ3) is 3.04. The van der Waals surface area contributed by atoms with Gasteiger partial charge in [0.2, 0.25) is 11.6 Å². The summed E-state index contributed by atoms with van der Waals surface area (Å²) >= 11 is 0. The Balaban J connectivity index is 1.84. The molecule has 1 aromatic carbocycles. The Hall–Kier alpha value is -4.52. The number of carbonyl (C=O) groups excluding carboxylic acids is 2. The molecule has 0 radical (unpaired) electrons. The van der Waals surface area contributed by atoms with Gasteiger partial charge < -0.3 is 10.7 Å². The van der Waals surface area contributed by atoms with Crippen molar-refractivity contribution < 1.29 is 18.4 Å². The van der Waals surface area contributed by atoms with E-state index < -0.39 is 34.5 Å². The van der Waals surface area contributed by atoms with Crippen LogP contribution in [-0.4, -0.2) is 31.6 Å². The molecule has 4 rings (SSSR count). The number of fused-ring (bicyclic) bond motifs is 1. The number of carbonyl (C=O) groups is 2. The normalized spacial score (nSPS) is 10.7. The molecule has 0 saturated carbocycles. The van der Waals surface area contributed by atoms with Gasteiger partial charge in [-0.05, 0) is 18.2 Å². The van der Waals surface area contributed by atoms with Gasteiger partial charge in [0.25, 0.3) is 5.91 Å². The molecule has 0 aliphatic carbocycles. The molecule has 4 aromatic rings. The molecule has 3 N–H and O–H groups in total. The number of primary amides is 1. The molecule has 0 unspecified atom stereocenters. The maximum atomic E-state index is 14.6. The number of aromatic nitrogens is 4. The molecule has 0 fully saturated rings. The summed E-state index contributed by atoms with van der Waals surface area (Å²) in [7, 11) is 0. The average molecular weight is 404 g/mol. The van der Waals surface area contributed by atoms with Crippen LogP contribution in [0, 0.1) is 23.0 Å². The number of nitriles is 1. The van der Waals surface area contributed by atoms with Gasteiger partial charge in [-0.3, -0.25) is 9.59 Å². The van der Waals surface area contributed by atoms with Crippen LogP contribution in [0.4, 0.5) is 8.78 Å². The first-order chi connectivity index (χ1) is 14.4. The molecule has 0 bridgehead atoms. The lowest BCUT2D eigenvalue weighted by Crippen LogP contribution is -2.17. The fourth-order valence-electron chi connectivity index (χ4n) is 2.97. The number of nitrogens with one attached hydrogen (secondary N) is 1. The van der Waals surface area contributed by atoms with Crippen LogP contribution < -0.4 is 5.73 Å². The quantitative estimate of drug-likeness (QED) is 0.501. The number of benzene rings is 1. The Labute approximate surface area is 167 Å². The van der Waals surface area contributed by atoms with Crippen molar-refractivity contribution >= 4 is 22.7 Å². The van der Waals surface area contributed by atoms with Crippen molar-refractivity contribution in [2.75, 3.05) is 0 Å². The van der Waals surface area contributed by atoms with Gasteiger partial charge in [0, 0.05) is 46.9 Å². The predicted molar refractivity (Wildman–Crippen MR) is 100 cm³/mol. The van der Waals surface area contributed by atoms with Crippen molar-refractivity contribution in [1.82, 2.24) is 19.9 Å². The van der Waals surface area contributed by atoms with Crippen LogP contribution in [0.5, 0.6) is 0 Å². The molecule has 3 heterocycles. The maximum Gasteiger partial charge on any atom is 0.251 e. The SMILES string of the molecule is N#Cc1ncc(-c2cnc3[nH]cc(C(=O)c4c(F)ccc(C(N)=O)c4F)c3c2)cn1. The Morgan fingerprint density at radius 1 is 1.03 bits per heavy atom. The van der Waals surface area contributed by atoms with Gasteiger partial charge in [-0.25, -0.2) is 23.7 Å². The van der Waals surface area contributed by atoms with Gasteiger partial charge >= 0.3 is 0 Å². The first kappa shape index (κ1) is 18.8. The smallest absolute Gasteiger partial charge is 0.251 e. The van der Waals surface area contributed by atoms with Crippen molar-refractivity contribution in [2.24, 2.45) is 5.73 Å². The van der Waals surface area contributed by atoms with Gasteiger partial charge in [0.15, 0.2) is 0 Å². The van der Waals surface area contributed by atoms with E-state index in [1.54, 1.807) is 12.1 Å². The van der Waals surface area contributed by atoms with E-state index in [1.165, 1.54) is 24.8 Å². The fourth-order valence-corrected chi connectivity index (χ4v) is 2.97. The summed E-state index contributed by atoms with van der Waals surface area (Å²) in [5, 5.41) is 9.09. The standard InChI is InChI=1S/C20H10F2N6O2/c21-14-2-1-11(19(24)30)17(22)16(14)18(29)13-8-28-20-12(13)3-9(5-27-20)10-6-25-15(4-23)26-7-10/h1-3,5-8H,(H2,24,30)(H,27,28). The summed E-state index contributed by atoms with van der Waals surface area (Å²) in [6.07, 6.45) is 5.60. The number of rotatable bonds is 4. The number of nitrogens with zero attached hydrogens (tertiary/aromatic N) is 4. The zero-order chi connectivity index (χ0) is 21.4. The molecule has 10 heteroatoms. The van der Waals surface area contributed by atoms with Crippen LogP contribution in [0.25, 0.3) is 22.2 Å². The highest BCUT2D eigenvalue weighted by Gasteiger charge is 2.25. The summed E-state index contributed by atoms with van der Waals surface area (Å²) in [4.78, 5) is 39.0. The minimum absolute atomic E-state index is 0.00872. The molecule has 0 aliphatic rings. The number of hydrogen-bond donors (Lipinski definition) is 2. The molecule has 30 heavy (non-hydrogen) atoms. The number of amides is 1. The monoisotopic (exact) mass is 404 g/mol. The number of ketones is 1. The highest BCUT2D eigenvalue weighted by molar-refractivity contribution is 6.17. The second-order valence-electron chi connectivity index (χ2n) is 6.21. The van der Waals surface area contributed by atoms with E-state index in [0.717, 1.165) is 12.1 Å². The highest BCUT2D eigenvalue weighted by Crippen LogP contribution is 2.27. The van der Waals surface area contributed by atoms with Gasteiger partial charge in [-0.1, -0.05) is 0 Å². The maximum absolute atomic E-state index is 14.6. The molecule has 1 amide bonds. The second kappa shape index (κ2) is 7.14. The minimum Gasteiger partial charge on any atom is -0.366 e. The third-order valence-electron chi connectivity index (χ3n) is 4.44. The lowest BCUT2D eigenvalue weighted by Gasteiger charge is -2.07. The molecule has 0 saturated heterocycles. The first-order valence-corrected chi connectivity index (χ1v) is 8.43. The third-order valence-corrected chi connectivity index (χ3v) is 4.44. The Bertz CT molecular complexity index is 1370.